The Kier molecular flexibility index (Phi) is 7.77. The summed E-state index contributed by atoms with van der Waals surface area (Å²) in [6.45, 7) is 14.1. The molecular formula is C47H44Zr. The van der Waals surface area contributed by atoms with E-state index in [1.165, 1.54) is 66.1 Å². The molecule has 0 amide bonds. The van der Waals surface area contributed by atoms with Crippen LogP contribution in [0.5, 0.6) is 0 Å². The van der Waals surface area contributed by atoms with Crippen LogP contribution in [0.4, 0.5) is 0 Å². The van der Waals surface area contributed by atoms with Gasteiger partial charge in [0.25, 0.3) is 0 Å². The molecule has 0 heterocycles. The topological polar surface area (TPSA) is 0 Å². The molecule has 6 aromatic carbocycles. The molecular weight excluding hydrogens is 656 g/mol. The van der Waals surface area contributed by atoms with E-state index in [-0.39, 0.29) is 10.8 Å². The summed E-state index contributed by atoms with van der Waals surface area (Å²) < 4.78 is 3.67. The normalized spacial score (nSPS) is 14.3. The van der Waals surface area contributed by atoms with E-state index in [0.29, 0.717) is 3.63 Å². The van der Waals surface area contributed by atoms with Gasteiger partial charge in [0, 0.05) is 0 Å². The summed E-state index contributed by atoms with van der Waals surface area (Å²) in [4.78, 5) is 0. The molecule has 2 aliphatic rings. The van der Waals surface area contributed by atoms with Crippen molar-refractivity contribution in [2.75, 3.05) is 0 Å². The molecule has 0 saturated heterocycles. The average Bonchev–Trinajstić information content (AvgIpc) is 3.72. The number of allylic oxidation sites excluding steroid dienone is 4. The van der Waals surface area contributed by atoms with E-state index in [2.05, 4.69) is 181 Å². The van der Waals surface area contributed by atoms with Gasteiger partial charge in [0.2, 0.25) is 0 Å². The second kappa shape index (κ2) is 11.9. The summed E-state index contributed by atoms with van der Waals surface area (Å²) in [5.74, 6) is 0. The summed E-state index contributed by atoms with van der Waals surface area (Å²) in [6, 6.07) is 47.1. The van der Waals surface area contributed by atoms with Crippen LogP contribution in [-0.2, 0) is 32.1 Å². The quantitative estimate of drug-likeness (QED) is 0.172. The van der Waals surface area contributed by atoms with Gasteiger partial charge >= 0.3 is 296 Å². The first-order valence-electron chi connectivity index (χ1n) is 17.4. The molecule has 0 radical (unpaired) electrons. The summed E-state index contributed by atoms with van der Waals surface area (Å²) in [5.41, 5.74) is 11.7. The zero-order chi connectivity index (χ0) is 33.2. The molecule has 0 fully saturated rings. The van der Waals surface area contributed by atoms with Gasteiger partial charge in [0.05, 0.1) is 0 Å². The van der Waals surface area contributed by atoms with Crippen molar-refractivity contribution >= 4 is 24.8 Å². The number of rotatable bonds is 4. The predicted octanol–water partition coefficient (Wildman–Crippen LogP) is 12.4. The monoisotopic (exact) mass is 698 g/mol. The van der Waals surface area contributed by atoms with Crippen LogP contribution in [0.3, 0.4) is 0 Å². The van der Waals surface area contributed by atoms with Gasteiger partial charge in [-0.1, -0.05) is 0 Å². The van der Waals surface area contributed by atoms with E-state index >= 15 is 0 Å². The van der Waals surface area contributed by atoms with Crippen molar-refractivity contribution < 1.29 is 21.3 Å². The third kappa shape index (κ3) is 5.55. The van der Waals surface area contributed by atoms with Gasteiger partial charge in [0.1, 0.15) is 0 Å². The molecule has 236 valence electrons. The maximum absolute atomic E-state index is 2.81. The average molecular weight is 700 g/mol. The first kappa shape index (κ1) is 31.3. The Morgan fingerprint density at radius 3 is 1.46 bits per heavy atom. The SMILES string of the molecule is CC(C)(C)c1ccc2c(c1)-c1cc(C(C)(C)C)ccc1[CH]2[Zr]([C]1=CC=CC1)=[C](c1ccc2ccccc2c1)c1ccc2ccccc2c1. The molecule has 0 spiro atoms. The van der Waals surface area contributed by atoms with Gasteiger partial charge in [-0.25, -0.2) is 0 Å². The third-order valence-electron chi connectivity index (χ3n) is 10.5. The van der Waals surface area contributed by atoms with Gasteiger partial charge < -0.3 is 0 Å². The Morgan fingerprint density at radius 1 is 0.542 bits per heavy atom. The molecule has 6 aromatic rings. The summed E-state index contributed by atoms with van der Waals surface area (Å²) in [5, 5.41) is 5.22. The fraction of sp³-hybridized carbons (Fsp3) is 0.213. The maximum atomic E-state index is 2.54. The van der Waals surface area contributed by atoms with Crippen LogP contribution < -0.4 is 0 Å². The summed E-state index contributed by atoms with van der Waals surface area (Å²) in [7, 11) is 0. The second-order valence-electron chi connectivity index (χ2n) is 15.8. The zero-order valence-corrected chi connectivity index (χ0v) is 31.5. The van der Waals surface area contributed by atoms with Crippen LogP contribution in [0.2, 0.25) is 0 Å². The molecule has 0 saturated carbocycles. The first-order valence-corrected chi connectivity index (χ1v) is 21.3. The van der Waals surface area contributed by atoms with Gasteiger partial charge in [-0.05, 0) is 0 Å². The minimum absolute atomic E-state index is 0.0852. The molecule has 0 N–H and O–H groups in total. The summed E-state index contributed by atoms with van der Waals surface area (Å²) in [6.07, 6.45) is 8.25. The van der Waals surface area contributed by atoms with Gasteiger partial charge in [0.15, 0.2) is 0 Å². The van der Waals surface area contributed by atoms with E-state index in [1.807, 2.05) is 0 Å². The van der Waals surface area contributed by atoms with E-state index in [0.717, 1.165) is 6.42 Å². The van der Waals surface area contributed by atoms with Crippen LogP contribution in [0, 0.1) is 0 Å². The van der Waals surface area contributed by atoms with Crippen molar-refractivity contribution in [1.29, 1.82) is 0 Å². The standard InChI is InChI=1S/C21H14.C21H25.C5H5.Zr/c1-3-7-20-14-16(9-11-18(20)5-1)13-17-10-12-19-6-2-4-8-21(19)15-17;1-20(2,3)16-9-7-14-11-15-8-10-17(21(4,5)6)13-19(15)18(14)12-16;1-2-4-5-3-1;/h1-12,14-15H;7-13H,1-6H3;1-3H,4H2;. The van der Waals surface area contributed by atoms with E-state index < -0.39 is 21.3 Å². The molecule has 48 heavy (non-hydrogen) atoms. The van der Waals surface area contributed by atoms with Crippen molar-refractivity contribution in [3.05, 3.63) is 176 Å². The number of benzene rings is 6. The zero-order valence-electron chi connectivity index (χ0n) is 29.1. The molecule has 0 bridgehead atoms. The van der Waals surface area contributed by atoms with Crippen LogP contribution in [-0.4, -0.2) is 3.21 Å². The van der Waals surface area contributed by atoms with Gasteiger partial charge in [-0.15, -0.1) is 0 Å². The van der Waals surface area contributed by atoms with Crippen molar-refractivity contribution in [2.45, 2.75) is 62.4 Å². The van der Waals surface area contributed by atoms with Crippen LogP contribution in [0.15, 0.2) is 143 Å². The molecule has 0 aromatic heterocycles. The molecule has 2 aliphatic carbocycles. The van der Waals surface area contributed by atoms with Crippen LogP contribution in [0.25, 0.3) is 32.7 Å². The van der Waals surface area contributed by atoms with Gasteiger partial charge in [-0.2, -0.15) is 0 Å². The van der Waals surface area contributed by atoms with Crippen molar-refractivity contribution in [3.8, 4) is 11.1 Å². The molecule has 1 heteroatoms. The first-order chi connectivity index (χ1) is 23.1. The van der Waals surface area contributed by atoms with Crippen molar-refractivity contribution in [1.82, 2.24) is 0 Å². The Morgan fingerprint density at radius 2 is 1.02 bits per heavy atom. The molecule has 8 rings (SSSR count). The molecule has 0 unspecified atom stereocenters. The summed E-state index contributed by atoms with van der Waals surface area (Å²) >= 11 is -2.81. The molecule has 0 atom stereocenters. The minimum atomic E-state index is -2.81. The third-order valence-corrected chi connectivity index (χ3v) is 18.8. The van der Waals surface area contributed by atoms with Crippen LogP contribution >= 0.6 is 0 Å². The fourth-order valence-corrected chi connectivity index (χ4v) is 16.8. The van der Waals surface area contributed by atoms with Crippen molar-refractivity contribution in [2.24, 2.45) is 0 Å². The van der Waals surface area contributed by atoms with Crippen molar-refractivity contribution in [3.63, 3.8) is 0 Å². The van der Waals surface area contributed by atoms with Crippen LogP contribution in [0.1, 0.15) is 85.0 Å². The fourth-order valence-electron chi connectivity index (χ4n) is 7.80. The second-order valence-corrected chi connectivity index (χ2v) is 22.0. The van der Waals surface area contributed by atoms with E-state index in [9.17, 15) is 0 Å². The van der Waals surface area contributed by atoms with E-state index in [1.54, 1.807) is 6.49 Å². The molecule has 0 nitrogen and oxygen atoms in total. The number of hydrogen-bond donors (Lipinski definition) is 0. The Hall–Kier alpha value is -3.93. The van der Waals surface area contributed by atoms with E-state index in [4.69, 9.17) is 0 Å². The Bertz CT molecular complexity index is 2190. The number of hydrogen-bond acceptors (Lipinski definition) is 0. The Balaban J connectivity index is 1.48. The number of fused-ring (bicyclic) bond motifs is 5. The van der Waals surface area contributed by atoms with Gasteiger partial charge in [-0.3, -0.25) is 0 Å². The predicted molar refractivity (Wildman–Crippen MR) is 204 cm³/mol. The molecule has 0 aliphatic heterocycles. The Labute approximate surface area is 294 Å².